The number of anilines is 1. The molecule has 2 aromatic rings. The Hall–Kier alpha value is -2.54. The van der Waals surface area contributed by atoms with Crippen LogP contribution in [0.1, 0.15) is 21.8 Å². The molecule has 0 fully saturated rings. The molecule has 2 rings (SSSR count). The maximum atomic E-state index is 11.9. The fourth-order valence-electron chi connectivity index (χ4n) is 1.78. The van der Waals surface area contributed by atoms with E-state index < -0.39 is 18.5 Å². The number of esters is 1. The molecule has 0 radical (unpaired) electrons. The topological polar surface area (TPSA) is 90.7 Å². The highest BCUT2D eigenvalue weighted by Gasteiger charge is 2.16. The third-order valence-corrected chi connectivity index (χ3v) is 3.33. The van der Waals surface area contributed by atoms with E-state index in [1.807, 2.05) is 0 Å². The summed E-state index contributed by atoms with van der Waals surface area (Å²) in [6.07, 6.45) is 0. The van der Waals surface area contributed by atoms with Crippen LogP contribution >= 0.6 is 11.6 Å². The summed E-state index contributed by atoms with van der Waals surface area (Å²) in [7, 11) is 1.46. The molecule has 23 heavy (non-hydrogen) atoms. The van der Waals surface area contributed by atoms with Crippen molar-refractivity contribution in [1.29, 1.82) is 0 Å². The molecular weight excluding hydrogens is 324 g/mol. The van der Waals surface area contributed by atoms with Gasteiger partial charge in [0.2, 0.25) is 5.76 Å². The van der Waals surface area contributed by atoms with E-state index in [2.05, 4.69) is 10.5 Å². The second kappa shape index (κ2) is 7.15. The average molecular weight is 339 g/mol. The fourth-order valence-corrected chi connectivity index (χ4v) is 1.93. The van der Waals surface area contributed by atoms with E-state index in [4.69, 9.17) is 25.6 Å². The molecule has 0 spiro atoms. The van der Waals surface area contributed by atoms with Gasteiger partial charge in [0.15, 0.2) is 6.61 Å². The second-order valence-electron chi connectivity index (χ2n) is 4.76. The molecule has 8 heteroatoms. The first kappa shape index (κ1) is 16.8. The molecule has 7 nitrogen and oxygen atoms in total. The summed E-state index contributed by atoms with van der Waals surface area (Å²) < 4.78 is 14.8. The Morgan fingerprint density at radius 3 is 2.65 bits per heavy atom. The van der Waals surface area contributed by atoms with Crippen LogP contribution in [0, 0.1) is 13.8 Å². The number of halogens is 1. The van der Waals surface area contributed by atoms with Gasteiger partial charge in [0.1, 0.15) is 5.75 Å². The number of carbonyl (C=O) groups excluding carboxylic acids is 2. The first-order chi connectivity index (χ1) is 10.9. The van der Waals surface area contributed by atoms with Gasteiger partial charge in [-0.25, -0.2) is 4.79 Å². The number of aryl methyl sites for hydroxylation is 2. The fraction of sp³-hybridized carbons (Fsp3) is 0.267. The Bertz CT molecular complexity index is 741. The summed E-state index contributed by atoms with van der Waals surface area (Å²) in [5.41, 5.74) is 1.76. The van der Waals surface area contributed by atoms with Crippen LogP contribution in [0.25, 0.3) is 0 Å². The summed E-state index contributed by atoms with van der Waals surface area (Å²) in [5, 5.41) is 6.68. The third kappa shape index (κ3) is 4.23. The Kier molecular flexibility index (Phi) is 5.23. The summed E-state index contributed by atoms with van der Waals surface area (Å²) in [4.78, 5) is 23.6. The number of ether oxygens (including phenoxy) is 2. The van der Waals surface area contributed by atoms with E-state index in [1.165, 1.54) is 13.2 Å². The first-order valence-corrected chi connectivity index (χ1v) is 7.03. The number of carbonyl (C=O) groups is 2. The van der Waals surface area contributed by atoms with Gasteiger partial charge < -0.3 is 19.3 Å². The predicted octanol–water partition coefficient (Wildman–Crippen LogP) is 2.75. The first-order valence-electron chi connectivity index (χ1n) is 6.65. The lowest BCUT2D eigenvalue weighted by atomic mass is 10.2. The quantitative estimate of drug-likeness (QED) is 0.843. The summed E-state index contributed by atoms with van der Waals surface area (Å²) in [6, 6.07) is 4.68. The molecule has 1 N–H and O–H groups in total. The van der Waals surface area contributed by atoms with Gasteiger partial charge >= 0.3 is 5.97 Å². The Labute approximate surface area is 137 Å². The molecule has 1 heterocycles. The molecule has 122 valence electrons. The normalized spacial score (nSPS) is 10.3. The number of nitrogens with zero attached hydrogens (tertiary/aromatic N) is 1. The third-order valence-electron chi connectivity index (χ3n) is 2.92. The van der Waals surface area contributed by atoms with Crippen molar-refractivity contribution < 1.29 is 23.6 Å². The van der Waals surface area contributed by atoms with Gasteiger partial charge in [-0.2, -0.15) is 0 Å². The molecule has 0 unspecified atom stereocenters. The van der Waals surface area contributed by atoms with Crippen LogP contribution in [-0.4, -0.2) is 30.7 Å². The number of methoxy groups -OCH3 is 1. The monoisotopic (exact) mass is 338 g/mol. The van der Waals surface area contributed by atoms with Crippen LogP contribution in [0.4, 0.5) is 5.69 Å². The predicted molar refractivity (Wildman–Crippen MR) is 82.9 cm³/mol. The van der Waals surface area contributed by atoms with Gasteiger partial charge in [-0.1, -0.05) is 16.8 Å². The number of hydrogen-bond donors (Lipinski definition) is 1. The van der Waals surface area contributed by atoms with Crippen molar-refractivity contribution in [2.24, 2.45) is 0 Å². The lowest BCUT2D eigenvalue weighted by Crippen LogP contribution is -2.21. The highest BCUT2D eigenvalue weighted by molar-refractivity contribution is 6.31. The Morgan fingerprint density at radius 2 is 2.04 bits per heavy atom. The number of rotatable bonds is 5. The SMILES string of the molecule is COc1cc(Cl)c(C)cc1NC(=O)COC(=O)c1cc(C)no1. The molecule has 1 aromatic heterocycles. The van der Waals surface area contributed by atoms with E-state index >= 15 is 0 Å². The Morgan fingerprint density at radius 1 is 1.30 bits per heavy atom. The van der Waals surface area contributed by atoms with Gasteiger partial charge in [-0.3, -0.25) is 4.79 Å². The van der Waals surface area contributed by atoms with Crippen LogP contribution < -0.4 is 10.1 Å². The highest BCUT2D eigenvalue weighted by atomic mass is 35.5. The lowest BCUT2D eigenvalue weighted by Gasteiger charge is -2.12. The number of nitrogens with one attached hydrogen (secondary N) is 1. The maximum Gasteiger partial charge on any atom is 0.377 e. The molecular formula is C15H15ClN2O5. The molecule has 0 aliphatic rings. The Balaban J connectivity index is 1.97. The molecule has 0 saturated carbocycles. The number of benzene rings is 1. The zero-order valence-corrected chi connectivity index (χ0v) is 13.6. The molecule has 0 aliphatic carbocycles. The van der Waals surface area contributed by atoms with Crippen molar-refractivity contribution in [2.45, 2.75) is 13.8 Å². The van der Waals surface area contributed by atoms with Crippen LogP contribution in [0.15, 0.2) is 22.7 Å². The number of amides is 1. The molecule has 1 amide bonds. The van der Waals surface area contributed by atoms with Gasteiger partial charge in [0, 0.05) is 17.2 Å². The molecule has 0 aliphatic heterocycles. The van der Waals surface area contributed by atoms with Crippen LogP contribution in [0.2, 0.25) is 5.02 Å². The zero-order valence-electron chi connectivity index (χ0n) is 12.8. The molecule has 0 saturated heterocycles. The van der Waals surface area contributed by atoms with Crippen molar-refractivity contribution >= 4 is 29.2 Å². The molecule has 0 bridgehead atoms. The summed E-state index contributed by atoms with van der Waals surface area (Å²) in [6.45, 7) is 3.00. The smallest absolute Gasteiger partial charge is 0.377 e. The van der Waals surface area contributed by atoms with Crippen molar-refractivity contribution in [3.63, 3.8) is 0 Å². The van der Waals surface area contributed by atoms with Gasteiger partial charge in [-0.15, -0.1) is 0 Å². The highest BCUT2D eigenvalue weighted by Crippen LogP contribution is 2.30. The second-order valence-corrected chi connectivity index (χ2v) is 5.17. The minimum atomic E-state index is -0.764. The summed E-state index contributed by atoms with van der Waals surface area (Å²) >= 11 is 6.00. The van der Waals surface area contributed by atoms with E-state index in [9.17, 15) is 9.59 Å². The average Bonchev–Trinajstić information content (AvgIpc) is 2.95. The summed E-state index contributed by atoms with van der Waals surface area (Å²) in [5.74, 6) is -0.934. The van der Waals surface area contributed by atoms with Crippen molar-refractivity contribution in [3.05, 3.63) is 40.2 Å². The minimum Gasteiger partial charge on any atom is -0.495 e. The van der Waals surface area contributed by atoms with Crippen LogP contribution in [0.5, 0.6) is 5.75 Å². The van der Waals surface area contributed by atoms with Gasteiger partial charge in [0.05, 0.1) is 18.5 Å². The number of aromatic nitrogens is 1. The molecule has 1 aromatic carbocycles. The standard InChI is InChI=1S/C15H15ClN2O5/c1-8-4-11(12(21-3)6-10(8)16)17-14(19)7-22-15(20)13-5-9(2)18-23-13/h4-6H,7H2,1-3H3,(H,17,19). The van der Waals surface area contributed by atoms with Gasteiger partial charge in [-0.05, 0) is 25.5 Å². The van der Waals surface area contributed by atoms with E-state index in [0.29, 0.717) is 22.2 Å². The van der Waals surface area contributed by atoms with Crippen LogP contribution in [0.3, 0.4) is 0 Å². The maximum absolute atomic E-state index is 11.9. The minimum absolute atomic E-state index is 0.0600. The number of hydrogen-bond acceptors (Lipinski definition) is 6. The van der Waals surface area contributed by atoms with E-state index in [-0.39, 0.29) is 5.76 Å². The van der Waals surface area contributed by atoms with Crippen molar-refractivity contribution in [3.8, 4) is 5.75 Å². The largest absolute Gasteiger partial charge is 0.495 e. The van der Waals surface area contributed by atoms with Crippen molar-refractivity contribution in [1.82, 2.24) is 5.16 Å². The van der Waals surface area contributed by atoms with E-state index in [1.54, 1.807) is 26.0 Å². The van der Waals surface area contributed by atoms with E-state index in [0.717, 1.165) is 5.56 Å². The molecule has 0 atom stereocenters. The van der Waals surface area contributed by atoms with Crippen LogP contribution in [-0.2, 0) is 9.53 Å². The lowest BCUT2D eigenvalue weighted by molar-refractivity contribution is -0.119. The van der Waals surface area contributed by atoms with Gasteiger partial charge in [0.25, 0.3) is 5.91 Å². The van der Waals surface area contributed by atoms with Crippen molar-refractivity contribution in [2.75, 3.05) is 19.0 Å². The zero-order chi connectivity index (χ0) is 17.0.